The molecule has 2 amide bonds. The fourth-order valence-electron chi connectivity index (χ4n) is 2.73. The summed E-state index contributed by atoms with van der Waals surface area (Å²) in [6.07, 6.45) is 4.54. The van der Waals surface area contributed by atoms with E-state index in [1.54, 1.807) is 0 Å². The molecule has 0 saturated heterocycles. The van der Waals surface area contributed by atoms with Crippen LogP contribution in [0.3, 0.4) is 0 Å². The van der Waals surface area contributed by atoms with E-state index >= 15 is 0 Å². The van der Waals surface area contributed by atoms with Crippen LogP contribution in [0.25, 0.3) is 0 Å². The quantitative estimate of drug-likeness (QED) is 0.749. The number of carbonyl (C=O) groups is 2. The van der Waals surface area contributed by atoms with Crippen LogP contribution in [-0.4, -0.2) is 48.4 Å². The molecule has 0 aromatic rings. The van der Waals surface area contributed by atoms with Crippen molar-refractivity contribution in [3.63, 3.8) is 0 Å². The summed E-state index contributed by atoms with van der Waals surface area (Å²) in [4.78, 5) is 25.7. The fourth-order valence-corrected chi connectivity index (χ4v) is 2.73. The smallest absolute Gasteiger partial charge is 0.234 e. The highest BCUT2D eigenvalue weighted by Gasteiger charge is 2.21. The molecule has 1 rings (SSSR count). The van der Waals surface area contributed by atoms with Crippen LogP contribution in [0.2, 0.25) is 0 Å². The van der Waals surface area contributed by atoms with E-state index in [-0.39, 0.29) is 24.4 Å². The van der Waals surface area contributed by atoms with Crippen molar-refractivity contribution < 1.29 is 9.59 Å². The number of carbonyl (C=O) groups excluding carboxylic acids is 2. The van der Waals surface area contributed by atoms with Crippen LogP contribution < -0.4 is 10.6 Å². The molecule has 0 aliphatic heterocycles. The van der Waals surface area contributed by atoms with Gasteiger partial charge in [-0.15, -0.1) is 0 Å². The van der Waals surface area contributed by atoms with Gasteiger partial charge in [0.15, 0.2) is 0 Å². The monoisotopic (exact) mass is 297 g/mol. The molecule has 0 radical (unpaired) electrons. The van der Waals surface area contributed by atoms with Crippen LogP contribution in [0, 0.1) is 5.92 Å². The van der Waals surface area contributed by atoms with Crippen molar-refractivity contribution in [1.82, 2.24) is 15.5 Å². The SMILES string of the molecule is CCN(CC(=O)NC(C)C)CC(=O)NC1CCC(C)CC1. The lowest BCUT2D eigenvalue weighted by atomic mass is 9.87. The van der Waals surface area contributed by atoms with Gasteiger partial charge in [-0.05, 0) is 52.0 Å². The van der Waals surface area contributed by atoms with Gasteiger partial charge in [-0.3, -0.25) is 14.5 Å². The molecule has 5 nitrogen and oxygen atoms in total. The van der Waals surface area contributed by atoms with Crippen molar-refractivity contribution in [2.45, 2.75) is 65.5 Å². The van der Waals surface area contributed by atoms with Crippen molar-refractivity contribution in [2.24, 2.45) is 5.92 Å². The maximum atomic E-state index is 12.1. The summed E-state index contributed by atoms with van der Waals surface area (Å²) < 4.78 is 0. The van der Waals surface area contributed by atoms with Gasteiger partial charge in [0, 0.05) is 12.1 Å². The van der Waals surface area contributed by atoms with E-state index in [1.807, 2.05) is 25.7 Å². The standard InChI is InChI=1S/C16H31N3O2/c1-5-19(10-15(20)17-12(2)3)11-16(21)18-14-8-6-13(4)7-9-14/h12-14H,5-11H2,1-4H3,(H,17,20)(H,18,21). The Morgan fingerprint density at radius 2 is 1.67 bits per heavy atom. The van der Waals surface area contributed by atoms with Crippen molar-refractivity contribution in [3.8, 4) is 0 Å². The van der Waals surface area contributed by atoms with E-state index in [0.717, 1.165) is 18.8 Å². The normalized spacial score (nSPS) is 22.4. The number of nitrogens with zero attached hydrogens (tertiary/aromatic N) is 1. The van der Waals surface area contributed by atoms with Crippen LogP contribution in [0.4, 0.5) is 0 Å². The van der Waals surface area contributed by atoms with Crippen molar-refractivity contribution in [2.75, 3.05) is 19.6 Å². The van der Waals surface area contributed by atoms with Gasteiger partial charge in [0.1, 0.15) is 0 Å². The van der Waals surface area contributed by atoms with Crippen LogP contribution in [0.15, 0.2) is 0 Å². The molecule has 0 spiro atoms. The second-order valence-corrected chi connectivity index (χ2v) is 6.55. The molecule has 21 heavy (non-hydrogen) atoms. The number of hydrogen-bond donors (Lipinski definition) is 2. The largest absolute Gasteiger partial charge is 0.353 e. The maximum Gasteiger partial charge on any atom is 0.234 e. The molecule has 1 fully saturated rings. The first-order valence-corrected chi connectivity index (χ1v) is 8.21. The Balaban J connectivity index is 2.31. The van der Waals surface area contributed by atoms with Gasteiger partial charge in [0.2, 0.25) is 11.8 Å². The highest BCUT2D eigenvalue weighted by Crippen LogP contribution is 2.23. The molecular weight excluding hydrogens is 266 g/mol. The third kappa shape index (κ3) is 7.46. The van der Waals surface area contributed by atoms with E-state index < -0.39 is 0 Å². The number of likely N-dealkylation sites (N-methyl/N-ethyl adjacent to an activating group) is 1. The molecule has 1 saturated carbocycles. The first-order chi connectivity index (χ1) is 9.90. The molecule has 0 bridgehead atoms. The first-order valence-electron chi connectivity index (χ1n) is 8.21. The first kappa shape index (κ1) is 18.0. The number of amides is 2. The number of nitrogens with one attached hydrogen (secondary N) is 2. The molecule has 122 valence electrons. The Bertz CT molecular complexity index is 336. The van der Waals surface area contributed by atoms with Gasteiger partial charge < -0.3 is 10.6 Å². The summed E-state index contributed by atoms with van der Waals surface area (Å²) in [5.41, 5.74) is 0. The Labute approximate surface area is 128 Å². The van der Waals surface area contributed by atoms with Gasteiger partial charge in [-0.1, -0.05) is 13.8 Å². The predicted molar refractivity (Wildman–Crippen MR) is 85.0 cm³/mol. The maximum absolute atomic E-state index is 12.1. The second-order valence-electron chi connectivity index (χ2n) is 6.55. The number of hydrogen-bond acceptors (Lipinski definition) is 3. The van der Waals surface area contributed by atoms with Crippen LogP contribution in [0.5, 0.6) is 0 Å². The van der Waals surface area contributed by atoms with Gasteiger partial charge in [0.25, 0.3) is 0 Å². The lowest BCUT2D eigenvalue weighted by Gasteiger charge is -2.28. The minimum atomic E-state index is -0.0221. The molecule has 0 aromatic carbocycles. The van der Waals surface area contributed by atoms with E-state index in [4.69, 9.17) is 0 Å². The summed E-state index contributed by atoms with van der Waals surface area (Å²) in [7, 11) is 0. The molecule has 2 N–H and O–H groups in total. The van der Waals surface area contributed by atoms with Crippen LogP contribution in [-0.2, 0) is 9.59 Å². The van der Waals surface area contributed by atoms with E-state index in [1.165, 1.54) is 12.8 Å². The molecule has 0 atom stereocenters. The second kappa shape index (κ2) is 9.03. The fraction of sp³-hybridized carbons (Fsp3) is 0.875. The van der Waals surface area contributed by atoms with Gasteiger partial charge >= 0.3 is 0 Å². The number of rotatable bonds is 7. The lowest BCUT2D eigenvalue weighted by Crippen LogP contribution is -2.46. The van der Waals surface area contributed by atoms with E-state index in [2.05, 4.69) is 17.6 Å². The average molecular weight is 297 g/mol. The third-order valence-corrected chi connectivity index (χ3v) is 4.01. The van der Waals surface area contributed by atoms with Crippen LogP contribution in [0.1, 0.15) is 53.4 Å². The molecule has 5 heteroatoms. The van der Waals surface area contributed by atoms with Crippen LogP contribution >= 0.6 is 0 Å². The average Bonchev–Trinajstić information content (AvgIpc) is 2.39. The molecule has 1 aliphatic carbocycles. The van der Waals surface area contributed by atoms with Crippen molar-refractivity contribution >= 4 is 11.8 Å². The molecule has 1 aliphatic rings. The van der Waals surface area contributed by atoms with Gasteiger partial charge in [0.05, 0.1) is 13.1 Å². The Hall–Kier alpha value is -1.10. The van der Waals surface area contributed by atoms with E-state index in [9.17, 15) is 9.59 Å². The molecular formula is C16H31N3O2. The summed E-state index contributed by atoms with van der Waals surface area (Å²) in [5, 5.41) is 5.96. The van der Waals surface area contributed by atoms with E-state index in [0.29, 0.717) is 19.1 Å². The summed E-state index contributed by atoms with van der Waals surface area (Å²) in [5.74, 6) is 0.796. The van der Waals surface area contributed by atoms with Gasteiger partial charge in [-0.2, -0.15) is 0 Å². The van der Waals surface area contributed by atoms with Crippen molar-refractivity contribution in [3.05, 3.63) is 0 Å². The molecule has 0 unspecified atom stereocenters. The third-order valence-electron chi connectivity index (χ3n) is 4.01. The Kier molecular flexibility index (Phi) is 7.72. The zero-order chi connectivity index (χ0) is 15.8. The summed E-state index contributed by atoms with van der Waals surface area (Å²) >= 11 is 0. The highest BCUT2D eigenvalue weighted by molar-refractivity contribution is 5.81. The topological polar surface area (TPSA) is 61.4 Å². The Morgan fingerprint density at radius 3 is 2.19 bits per heavy atom. The lowest BCUT2D eigenvalue weighted by molar-refractivity contribution is -0.125. The molecule has 0 aromatic heterocycles. The summed E-state index contributed by atoms with van der Waals surface area (Å²) in [6.45, 7) is 9.39. The predicted octanol–water partition coefficient (Wildman–Crippen LogP) is 1.53. The summed E-state index contributed by atoms with van der Waals surface area (Å²) in [6, 6.07) is 0.450. The Morgan fingerprint density at radius 1 is 1.10 bits per heavy atom. The minimum Gasteiger partial charge on any atom is -0.353 e. The zero-order valence-corrected chi connectivity index (χ0v) is 13.9. The highest BCUT2D eigenvalue weighted by atomic mass is 16.2. The minimum absolute atomic E-state index is 0.0221. The van der Waals surface area contributed by atoms with Crippen molar-refractivity contribution in [1.29, 1.82) is 0 Å². The van der Waals surface area contributed by atoms with Gasteiger partial charge in [-0.25, -0.2) is 0 Å². The molecule has 0 heterocycles. The zero-order valence-electron chi connectivity index (χ0n) is 13.9.